The third-order valence-electron chi connectivity index (χ3n) is 2.81. The fourth-order valence-corrected chi connectivity index (χ4v) is 3.09. The van der Waals surface area contributed by atoms with Gasteiger partial charge in [0.05, 0.1) is 5.57 Å². The summed E-state index contributed by atoms with van der Waals surface area (Å²) >= 11 is 1.43. The van der Waals surface area contributed by atoms with E-state index in [4.69, 9.17) is 5.73 Å². The number of nitrogens with two attached hydrogens (primary N) is 1. The van der Waals surface area contributed by atoms with Crippen LogP contribution in [0.15, 0.2) is 34.8 Å². The van der Waals surface area contributed by atoms with Gasteiger partial charge in [0, 0.05) is 10.6 Å². The Morgan fingerprint density at radius 2 is 1.89 bits per heavy atom. The Hall–Kier alpha value is -1.39. The molecule has 0 aromatic heterocycles. The Morgan fingerprint density at radius 3 is 2.44 bits per heavy atom. The van der Waals surface area contributed by atoms with Gasteiger partial charge < -0.3 is 5.73 Å². The van der Waals surface area contributed by atoms with Gasteiger partial charge in [-0.25, -0.2) is 0 Å². The number of allylic oxidation sites excluding steroid dienone is 1. The quantitative estimate of drug-likeness (QED) is 0.889. The largest absolute Gasteiger partial charge is 0.301 e. The lowest BCUT2D eigenvalue weighted by Gasteiger charge is -2.21. The minimum absolute atomic E-state index is 0.0335. The van der Waals surface area contributed by atoms with Gasteiger partial charge >= 0.3 is 0 Å². The number of hydrogen-bond donors (Lipinski definition) is 1. The van der Waals surface area contributed by atoms with Gasteiger partial charge in [-0.2, -0.15) is 0 Å². The van der Waals surface area contributed by atoms with Crippen LogP contribution in [0.4, 0.5) is 0 Å². The van der Waals surface area contributed by atoms with E-state index < -0.39 is 0 Å². The Kier molecular flexibility index (Phi) is 3.68. The molecule has 2 N–H and O–H groups in total. The predicted molar refractivity (Wildman–Crippen MR) is 77.5 cm³/mol. The Morgan fingerprint density at radius 1 is 1.28 bits per heavy atom. The van der Waals surface area contributed by atoms with Gasteiger partial charge in [-0.3, -0.25) is 9.79 Å². The molecule has 0 saturated heterocycles. The van der Waals surface area contributed by atoms with Gasteiger partial charge in [0.1, 0.15) is 5.50 Å². The second kappa shape index (κ2) is 5.08. The SMILES string of the molecule is CC(=O)C1=C(c2ccc(C)cc2)SC(N)N=C1C. The van der Waals surface area contributed by atoms with Gasteiger partial charge in [-0.05, 0) is 26.3 Å². The molecule has 18 heavy (non-hydrogen) atoms. The summed E-state index contributed by atoms with van der Waals surface area (Å²) in [5, 5.41) is 0. The summed E-state index contributed by atoms with van der Waals surface area (Å²) in [5.41, 5.74) is 9.18. The molecule has 1 atom stereocenters. The molecule has 0 spiro atoms. The van der Waals surface area contributed by atoms with Crippen molar-refractivity contribution in [1.82, 2.24) is 0 Å². The summed E-state index contributed by atoms with van der Waals surface area (Å²) in [5.74, 6) is 0.0335. The summed E-state index contributed by atoms with van der Waals surface area (Å²) in [6.07, 6.45) is 0. The lowest BCUT2D eigenvalue weighted by atomic mass is 10.0. The molecule has 0 aliphatic carbocycles. The molecule has 1 aromatic rings. The highest BCUT2D eigenvalue weighted by Gasteiger charge is 2.23. The van der Waals surface area contributed by atoms with E-state index in [2.05, 4.69) is 4.99 Å². The number of hydrogen-bond acceptors (Lipinski definition) is 4. The zero-order valence-electron chi connectivity index (χ0n) is 10.7. The minimum atomic E-state index is -0.329. The molecule has 0 amide bonds. The summed E-state index contributed by atoms with van der Waals surface area (Å²) in [6, 6.07) is 8.11. The molecule has 1 aliphatic heterocycles. The van der Waals surface area contributed by atoms with Crippen LogP contribution in [0, 0.1) is 6.92 Å². The molecule has 0 bridgehead atoms. The van der Waals surface area contributed by atoms with Crippen molar-refractivity contribution in [3.05, 3.63) is 41.0 Å². The zero-order valence-corrected chi connectivity index (χ0v) is 11.5. The average Bonchev–Trinajstić information content (AvgIpc) is 2.28. The molecule has 1 unspecified atom stereocenters. The maximum absolute atomic E-state index is 11.8. The molecule has 0 fully saturated rings. The lowest BCUT2D eigenvalue weighted by molar-refractivity contribution is -0.113. The summed E-state index contributed by atoms with van der Waals surface area (Å²) in [6.45, 7) is 5.45. The van der Waals surface area contributed by atoms with E-state index in [-0.39, 0.29) is 11.3 Å². The van der Waals surface area contributed by atoms with Crippen molar-refractivity contribution >= 4 is 28.2 Å². The highest BCUT2D eigenvalue weighted by molar-refractivity contribution is 8.09. The van der Waals surface area contributed by atoms with E-state index >= 15 is 0 Å². The van der Waals surface area contributed by atoms with E-state index in [1.165, 1.54) is 17.3 Å². The average molecular weight is 260 g/mol. The van der Waals surface area contributed by atoms with Gasteiger partial charge in [-0.1, -0.05) is 41.6 Å². The van der Waals surface area contributed by atoms with Gasteiger partial charge in [0.25, 0.3) is 0 Å². The lowest BCUT2D eigenvalue weighted by Crippen LogP contribution is -2.22. The topological polar surface area (TPSA) is 55.5 Å². The Balaban J connectivity index is 2.56. The first-order valence-corrected chi connectivity index (χ1v) is 6.66. The number of rotatable bonds is 2. The van der Waals surface area contributed by atoms with Crippen LogP contribution in [0.3, 0.4) is 0 Å². The molecule has 1 aromatic carbocycles. The number of benzene rings is 1. The van der Waals surface area contributed by atoms with E-state index in [9.17, 15) is 4.79 Å². The summed E-state index contributed by atoms with van der Waals surface area (Å²) in [4.78, 5) is 17.0. The van der Waals surface area contributed by atoms with Crippen molar-refractivity contribution < 1.29 is 4.79 Å². The maximum Gasteiger partial charge on any atom is 0.162 e. The molecular formula is C14H16N2OS. The predicted octanol–water partition coefficient (Wildman–Crippen LogP) is 2.75. The zero-order chi connectivity index (χ0) is 13.3. The van der Waals surface area contributed by atoms with Crippen molar-refractivity contribution in [2.75, 3.05) is 0 Å². The first-order chi connectivity index (χ1) is 8.49. The van der Waals surface area contributed by atoms with Gasteiger partial charge in [0.2, 0.25) is 0 Å². The van der Waals surface area contributed by atoms with Gasteiger partial charge in [0.15, 0.2) is 5.78 Å². The number of aliphatic imine (C=N–C) groups is 1. The van der Waals surface area contributed by atoms with Crippen molar-refractivity contribution in [2.24, 2.45) is 10.7 Å². The fourth-order valence-electron chi connectivity index (χ4n) is 1.96. The summed E-state index contributed by atoms with van der Waals surface area (Å²) < 4.78 is 0. The smallest absolute Gasteiger partial charge is 0.162 e. The second-order valence-corrected chi connectivity index (χ2v) is 5.48. The number of nitrogens with zero attached hydrogens (tertiary/aromatic N) is 1. The van der Waals surface area contributed by atoms with Crippen molar-refractivity contribution in [2.45, 2.75) is 26.3 Å². The molecule has 0 saturated carbocycles. The monoisotopic (exact) mass is 260 g/mol. The van der Waals surface area contributed by atoms with Crippen molar-refractivity contribution in [3.8, 4) is 0 Å². The molecule has 1 heterocycles. The fraction of sp³-hybridized carbons (Fsp3) is 0.286. The highest BCUT2D eigenvalue weighted by atomic mass is 32.2. The summed E-state index contributed by atoms with van der Waals surface area (Å²) in [7, 11) is 0. The molecule has 1 aliphatic rings. The van der Waals surface area contributed by atoms with Crippen LogP contribution in [0.1, 0.15) is 25.0 Å². The van der Waals surface area contributed by atoms with Crippen LogP contribution in [0.2, 0.25) is 0 Å². The molecule has 4 heteroatoms. The van der Waals surface area contributed by atoms with Crippen LogP contribution in [-0.4, -0.2) is 17.0 Å². The number of aryl methyl sites for hydroxylation is 1. The van der Waals surface area contributed by atoms with E-state index in [0.29, 0.717) is 5.57 Å². The van der Waals surface area contributed by atoms with E-state index in [1.807, 2.05) is 38.1 Å². The number of carbonyl (C=O) groups is 1. The normalized spacial score (nSPS) is 19.8. The molecule has 2 rings (SSSR count). The van der Waals surface area contributed by atoms with Crippen LogP contribution >= 0.6 is 11.8 Å². The molecule has 94 valence electrons. The highest BCUT2D eigenvalue weighted by Crippen LogP contribution is 2.37. The van der Waals surface area contributed by atoms with Gasteiger partial charge in [-0.15, -0.1) is 0 Å². The number of ketones is 1. The third kappa shape index (κ3) is 2.54. The minimum Gasteiger partial charge on any atom is -0.301 e. The standard InChI is InChI=1S/C14H16N2OS/c1-8-4-6-11(7-5-8)13-12(10(3)17)9(2)16-14(15)18-13/h4-7,14H,15H2,1-3H3. The van der Waals surface area contributed by atoms with Crippen molar-refractivity contribution in [3.63, 3.8) is 0 Å². The number of Topliss-reactive ketones (excluding diaryl/α,β-unsaturated/α-hetero) is 1. The molecular weight excluding hydrogens is 244 g/mol. The molecule has 0 radical (unpaired) electrons. The Bertz CT molecular complexity index is 543. The van der Waals surface area contributed by atoms with Crippen LogP contribution in [-0.2, 0) is 4.79 Å². The van der Waals surface area contributed by atoms with Crippen LogP contribution in [0.25, 0.3) is 4.91 Å². The third-order valence-corrected chi connectivity index (χ3v) is 3.84. The first-order valence-electron chi connectivity index (χ1n) is 5.78. The maximum atomic E-state index is 11.8. The van der Waals surface area contributed by atoms with Crippen LogP contribution < -0.4 is 5.73 Å². The number of thioether (sulfide) groups is 1. The first kappa shape index (κ1) is 13.1. The number of carbonyl (C=O) groups excluding carboxylic acids is 1. The van der Waals surface area contributed by atoms with Crippen molar-refractivity contribution in [1.29, 1.82) is 0 Å². The van der Waals surface area contributed by atoms with Crippen LogP contribution in [0.5, 0.6) is 0 Å². The second-order valence-electron chi connectivity index (χ2n) is 4.35. The molecule has 3 nitrogen and oxygen atoms in total. The van der Waals surface area contributed by atoms with E-state index in [0.717, 1.165) is 16.2 Å². The van der Waals surface area contributed by atoms with E-state index in [1.54, 1.807) is 6.92 Å². The Labute approximate surface area is 111 Å².